The van der Waals surface area contributed by atoms with Gasteiger partial charge in [0.25, 0.3) is 0 Å². The third-order valence-corrected chi connectivity index (χ3v) is 9.23. The summed E-state index contributed by atoms with van der Waals surface area (Å²) < 4.78 is 7.81. The fourth-order valence-electron chi connectivity index (χ4n) is 6.94. The van der Waals surface area contributed by atoms with Crippen LogP contribution in [0.3, 0.4) is 0 Å². The summed E-state index contributed by atoms with van der Waals surface area (Å²) in [6.07, 6.45) is 3.09. The highest BCUT2D eigenvalue weighted by molar-refractivity contribution is 7.80. The van der Waals surface area contributed by atoms with Crippen molar-refractivity contribution in [2.75, 3.05) is 30.0 Å². The second kappa shape index (κ2) is 11.6. The molecule has 8 heteroatoms. The van der Waals surface area contributed by atoms with Crippen molar-refractivity contribution in [3.63, 3.8) is 0 Å². The van der Waals surface area contributed by atoms with E-state index < -0.39 is 0 Å². The monoisotopic (exact) mass is 599 g/mol. The molecule has 42 heavy (non-hydrogen) atoms. The molecule has 1 N–H and O–H groups in total. The molecular weight excluding hydrogens is 562 g/mol. The van der Waals surface area contributed by atoms with Crippen LogP contribution in [-0.2, 0) is 0 Å². The number of hydrogen-bond donors (Lipinski definition) is 1. The van der Waals surface area contributed by atoms with Crippen LogP contribution in [0.25, 0.3) is 5.69 Å². The average Bonchev–Trinajstić information content (AvgIpc) is 3.47. The van der Waals surface area contributed by atoms with Crippen LogP contribution in [0.2, 0.25) is 5.02 Å². The Labute approximate surface area is 259 Å². The van der Waals surface area contributed by atoms with Crippen LogP contribution in [0, 0.1) is 25.7 Å². The molecule has 0 saturated carbocycles. The van der Waals surface area contributed by atoms with Gasteiger partial charge in [0, 0.05) is 48.1 Å². The summed E-state index contributed by atoms with van der Waals surface area (Å²) in [5, 5.41) is 5.01. The van der Waals surface area contributed by atoms with Gasteiger partial charge < -0.3 is 24.4 Å². The minimum atomic E-state index is -0.139. The van der Waals surface area contributed by atoms with E-state index in [1.807, 2.05) is 30.5 Å². The largest absolute Gasteiger partial charge is 0.497 e. The number of nitrogens with zero attached hydrogens (tertiary/aromatic N) is 4. The molecular formula is C34H38ClN5OS. The Morgan fingerprint density at radius 3 is 2.43 bits per heavy atom. The van der Waals surface area contributed by atoms with Crippen molar-refractivity contribution in [3.8, 4) is 11.4 Å². The van der Waals surface area contributed by atoms with E-state index in [1.165, 1.54) is 12.0 Å². The fraction of sp³-hybridized carbons (Fsp3) is 0.353. The van der Waals surface area contributed by atoms with Crippen LogP contribution in [0.1, 0.15) is 55.0 Å². The Morgan fingerprint density at radius 1 is 0.952 bits per heavy atom. The van der Waals surface area contributed by atoms with E-state index in [4.69, 9.17) is 33.5 Å². The lowest BCUT2D eigenvalue weighted by Crippen LogP contribution is -2.38. The van der Waals surface area contributed by atoms with E-state index in [0.717, 1.165) is 58.0 Å². The highest BCUT2D eigenvalue weighted by Gasteiger charge is 2.42. The normalized spacial score (nSPS) is 22.4. The first-order valence-electron chi connectivity index (χ1n) is 14.6. The predicted octanol–water partition coefficient (Wildman–Crippen LogP) is 7.81. The van der Waals surface area contributed by atoms with E-state index in [0.29, 0.717) is 16.9 Å². The summed E-state index contributed by atoms with van der Waals surface area (Å²) in [6.45, 7) is 11.0. The molecule has 2 aromatic heterocycles. The number of methoxy groups -OCH3 is 1. The fourth-order valence-corrected chi connectivity index (χ4v) is 7.58. The molecule has 2 saturated heterocycles. The number of aromatic nitrogens is 2. The van der Waals surface area contributed by atoms with Gasteiger partial charge in [0.05, 0.1) is 35.6 Å². The lowest BCUT2D eigenvalue weighted by molar-refractivity contribution is 0.357. The van der Waals surface area contributed by atoms with Crippen molar-refractivity contribution < 1.29 is 4.74 Å². The molecule has 0 amide bonds. The maximum atomic E-state index is 7.04. The SMILES string of the molecule is COc1cccc(-n2c(C)cc([C@H]3[C@@H](c4ccccn4)NC(=S)N3c3ccc(N4C[C@H](C)C[C@H](C)C4)c(Cl)c3)c2C)c1. The number of nitrogens with one attached hydrogen (secondary N) is 1. The quantitative estimate of drug-likeness (QED) is 0.228. The minimum absolute atomic E-state index is 0.130. The highest BCUT2D eigenvalue weighted by Crippen LogP contribution is 2.45. The van der Waals surface area contributed by atoms with Gasteiger partial charge in [0.2, 0.25) is 0 Å². The van der Waals surface area contributed by atoms with Crippen molar-refractivity contribution in [1.29, 1.82) is 0 Å². The zero-order valence-electron chi connectivity index (χ0n) is 24.8. The zero-order chi connectivity index (χ0) is 29.5. The smallest absolute Gasteiger partial charge is 0.174 e. The Balaban J connectivity index is 1.44. The molecule has 0 unspecified atom stereocenters. The maximum Gasteiger partial charge on any atom is 0.174 e. The van der Waals surface area contributed by atoms with Crippen LogP contribution in [0.4, 0.5) is 11.4 Å². The number of thiocarbonyl (C=S) groups is 1. The van der Waals surface area contributed by atoms with Crippen molar-refractivity contribution >= 4 is 40.3 Å². The first-order chi connectivity index (χ1) is 20.2. The molecule has 218 valence electrons. The van der Waals surface area contributed by atoms with E-state index >= 15 is 0 Å². The number of benzene rings is 2. The molecule has 0 spiro atoms. The summed E-state index contributed by atoms with van der Waals surface area (Å²) in [6, 6.07) is 22.6. The van der Waals surface area contributed by atoms with Gasteiger partial charge in [-0.05, 0) is 98.4 Å². The Kier molecular flexibility index (Phi) is 7.90. The number of hydrogen-bond acceptors (Lipinski definition) is 4. The number of aryl methyl sites for hydroxylation is 1. The summed E-state index contributed by atoms with van der Waals surface area (Å²) in [5.41, 5.74) is 7.51. The number of ether oxygens (including phenoxy) is 1. The minimum Gasteiger partial charge on any atom is -0.497 e. The topological polar surface area (TPSA) is 45.6 Å². The van der Waals surface area contributed by atoms with Crippen molar-refractivity contribution in [2.45, 2.75) is 46.2 Å². The molecule has 4 atom stereocenters. The van der Waals surface area contributed by atoms with Gasteiger partial charge in [-0.3, -0.25) is 4.98 Å². The molecule has 4 aromatic rings. The van der Waals surface area contributed by atoms with Gasteiger partial charge in [-0.25, -0.2) is 0 Å². The van der Waals surface area contributed by atoms with Crippen molar-refractivity contribution in [1.82, 2.24) is 14.9 Å². The second-order valence-corrected chi connectivity index (χ2v) is 12.6. The van der Waals surface area contributed by atoms with Crippen LogP contribution in [-0.4, -0.2) is 34.9 Å². The highest BCUT2D eigenvalue weighted by atomic mass is 35.5. The first-order valence-corrected chi connectivity index (χ1v) is 15.4. The molecule has 2 aliphatic heterocycles. The van der Waals surface area contributed by atoms with Crippen molar-refractivity contribution in [2.24, 2.45) is 11.8 Å². The van der Waals surface area contributed by atoms with Crippen LogP contribution >= 0.6 is 23.8 Å². The van der Waals surface area contributed by atoms with E-state index in [-0.39, 0.29) is 12.1 Å². The number of piperidine rings is 1. The lowest BCUT2D eigenvalue weighted by atomic mass is 9.91. The standard InChI is InChI=1S/C34H38ClN5OS/c1-21-15-22(2)20-38(19-21)31-13-12-26(18-29(31)35)40-33(32(37-34(40)42)30-11-6-7-14-36-30)28-16-23(3)39(24(28)4)25-9-8-10-27(17-25)41-5/h6-14,16-18,21-22,32-33H,15,19-20H2,1-5H3,(H,37,42)/t21-,22+,32-,33+/m1/s1. The average molecular weight is 600 g/mol. The molecule has 6 nitrogen and oxygen atoms in total. The summed E-state index contributed by atoms with van der Waals surface area (Å²) in [7, 11) is 1.70. The van der Waals surface area contributed by atoms with Gasteiger partial charge in [-0.15, -0.1) is 0 Å². The first kappa shape index (κ1) is 28.6. The predicted molar refractivity (Wildman–Crippen MR) is 176 cm³/mol. The molecule has 2 aromatic carbocycles. The van der Waals surface area contributed by atoms with Crippen LogP contribution < -0.4 is 19.9 Å². The Bertz CT molecular complexity index is 1590. The summed E-state index contributed by atoms with van der Waals surface area (Å²) in [5.74, 6) is 2.11. The third-order valence-electron chi connectivity index (χ3n) is 8.62. The Hall–Kier alpha value is -3.55. The maximum absolute atomic E-state index is 7.04. The summed E-state index contributed by atoms with van der Waals surface area (Å²) >= 11 is 13.1. The molecule has 0 bridgehead atoms. The van der Waals surface area contributed by atoms with E-state index in [9.17, 15) is 0 Å². The van der Waals surface area contributed by atoms with Gasteiger partial charge in [-0.1, -0.05) is 37.6 Å². The molecule has 2 aliphatic rings. The lowest BCUT2D eigenvalue weighted by Gasteiger charge is -2.37. The van der Waals surface area contributed by atoms with Gasteiger partial charge in [0.1, 0.15) is 5.75 Å². The Morgan fingerprint density at radius 2 is 1.74 bits per heavy atom. The third kappa shape index (κ3) is 5.25. The van der Waals surface area contributed by atoms with Gasteiger partial charge in [0.15, 0.2) is 5.11 Å². The van der Waals surface area contributed by atoms with E-state index in [2.05, 4.69) is 89.8 Å². The van der Waals surface area contributed by atoms with E-state index in [1.54, 1.807) is 7.11 Å². The zero-order valence-corrected chi connectivity index (χ0v) is 26.4. The van der Waals surface area contributed by atoms with Crippen molar-refractivity contribution in [3.05, 3.63) is 101 Å². The van der Waals surface area contributed by atoms with Crippen LogP contribution in [0.15, 0.2) is 72.9 Å². The number of halogens is 1. The molecule has 0 radical (unpaired) electrons. The summed E-state index contributed by atoms with van der Waals surface area (Å²) in [4.78, 5) is 9.38. The van der Waals surface area contributed by atoms with Gasteiger partial charge >= 0.3 is 0 Å². The second-order valence-electron chi connectivity index (χ2n) is 11.8. The number of pyridine rings is 1. The number of rotatable bonds is 6. The molecule has 6 rings (SSSR count). The van der Waals surface area contributed by atoms with Crippen LogP contribution in [0.5, 0.6) is 5.75 Å². The number of anilines is 2. The molecule has 2 fully saturated rings. The molecule has 4 heterocycles. The molecule has 0 aliphatic carbocycles. The van der Waals surface area contributed by atoms with Gasteiger partial charge in [-0.2, -0.15) is 0 Å².